The maximum Gasteiger partial charge on any atom is 0.0565 e. The number of rotatable bonds is 3. The minimum Gasteiger partial charge on any atom is -0.384 e. The van der Waals surface area contributed by atoms with Crippen LogP contribution in [0.1, 0.15) is 0 Å². The van der Waals surface area contributed by atoms with Crippen LogP contribution < -0.4 is 5.14 Å². The number of methoxy groups -OCH3 is 1. The Bertz CT molecular complexity index is 22.8. The summed E-state index contributed by atoms with van der Waals surface area (Å²) >= 11 is 1.30. The highest BCUT2D eigenvalue weighted by Gasteiger charge is 1.75. The van der Waals surface area contributed by atoms with Crippen LogP contribution in [0, 0.1) is 0 Å². The van der Waals surface area contributed by atoms with Crippen molar-refractivity contribution in [3.8, 4) is 0 Å². The highest BCUT2D eigenvalue weighted by atomic mass is 32.2. The van der Waals surface area contributed by atoms with Gasteiger partial charge in [0.1, 0.15) is 0 Å². The average Bonchev–Trinajstić information content (AvgIpc) is 1.61. The lowest BCUT2D eigenvalue weighted by molar-refractivity contribution is 0.218. The molecule has 0 aliphatic rings. The molecular weight excluding hydrogens is 98.1 g/mol. The summed E-state index contributed by atoms with van der Waals surface area (Å²) in [6.07, 6.45) is 0. The van der Waals surface area contributed by atoms with Gasteiger partial charge in [0.15, 0.2) is 0 Å². The van der Waals surface area contributed by atoms with Gasteiger partial charge in [-0.15, -0.1) is 0 Å². The van der Waals surface area contributed by atoms with Crippen LogP contribution in [-0.2, 0) is 4.74 Å². The molecule has 0 heterocycles. The van der Waals surface area contributed by atoms with E-state index in [1.807, 2.05) is 0 Å². The molecule has 0 atom stereocenters. The van der Waals surface area contributed by atoms with Gasteiger partial charge in [-0.1, -0.05) is 11.9 Å². The maximum absolute atomic E-state index is 5.05. The molecule has 0 aromatic carbocycles. The van der Waals surface area contributed by atoms with E-state index in [0.717, 1.165) is 12.4 Å². The van der Waals surface area contributed by atoms with Crippen LogP contribution in [0.15, 0.2) is 0 Å². The first-order valence-corrected chi connectivity index (χ1v) is 2.77. The van der Waals surface area contributed by atoms with Crippen molar-refractivity contribution in [2.75, 3.05) is 19.5 Å². The van der Waals surface area contributed by atoms with E-state index in [9.17, 15) is 0 Å². The third kappa shape index (κ3) is 4.27. The highest BCUT2D eigenvalue weighted by Crippen LogP contribution is 1.81. The van der Waals surface area contributed by atoms with Crippen LogP contribution in [0.4, 0.5) is 0 Å². The van der Waals surface area contributed by atoms with Gasteiger partial charge in [0.05, 0.1) is 6.61 Å². The molecule has 3 heteroatoms. The summed E-state index contributed by atoms with van der Waals surface area (Å²) in [6.45, 7) is 0.751. The second-order valence-corrected chi connectivity index (χ2v) is 1.61. The predicted molar refractivity (Wildman–Crippen MR) is 28.5 cm³/mol. The topological polar surface area (TPSA) is 35.2 Å². The Hall–Kier alpha value is 0.270. The smallest absolute Gasteiger partial charge is 0.0565 e. The quantitative estimate of drug-likeness (QED) is 0.414. The lowest BCUT2D eigenvalue weighted by Gasteiger charge is -1.89. The van der Waals surface area contributed by atoms with Gasteiger partial charge in [0.2, 0.25) is 0 Å². The second-order valence-electron chi connectivity index (χ2n) is 0.864. The van der Waals surface area contributed by atoms with Crippen LogP contribution >= 0.6 is 11.9 Å². The van der Waals surface area contributed by atoms with Crippen LogP contribution in [0.2, 0.25) is 0 Å². The zero-order chi connectivity index (χ0) is 4.83. The van der Waals surface area contributed by atoms with Gasteiger partial charge in [0.25, 0.3) is 0 Å². The van der Waals surface area contributed by atoms with Crippen LogP contribution in [0.25, 0.3) is 0 Å². The Balaban J connectivity index is 2.34. The summed E-state index contributed by atoms with van der Waals surface area (Å²) in [6, 6.07) is 0. The molecule has 0 aliphatic heterocycles. The number of nitrogens with two attached hydrogens (primary N) is 1. The van der Waals surface area contributed by atoms with Crippen LogP contribution in [-0.4, -0.2) is 19.5 Å². The summed E-state index contributed by atoms with van der Waals surface area (Å²) in [5.41, 5.74) is 0. The van der Waals surface area contributed by atoms with Crippen molar-refractivity contribution >= 4 is 11.9 Å². The van der Waals surface area contributed by atoms with Gasteiger partial charge >= 0.3 is 0 Å². The molecule has 0 saturated heterocycles. The Morgan fingerprint density at radius 1 is 1.83 bits per heavy atom. The fourth-order valence-electron chi connectivity index (χ4n) is 0.131. The van der Waals surface area contributed by atoms with Crippen molar-refractivity contribution in [3.05, 3.63) is 0 Å². The molecule has 0 aliphatic carbocycles. The maximum atomic E-state index is 5.05. The lowest BCUT2D eigenvalue weighted by atomic mass is 10.9. The third-order valence-corrected chi connectivity index (χ3v) is 0.808. The van der Waals surface area contributed by atoms with E-state index < -0.39 is 0 Å². The van der Waals surface area contributed by atoms with E-state index in [2.05, 4.69) is 4.74 Å². The van der Waals surface area contributed by atoms with Gasteiger partial charge in [0, 0.05) is 12.9 Å². The van der Waals surface area contributed by atoms with Gasteiger partial charge in [-0.2, -0.15) is 0 Å². The fourth-order valence-corrected chi connectivity index (χ4v) is 0.394. The summed E-state index contributed by atoms with van der Waals surface area (Å²) in [5, 5.41) is 5.05. The molecule has 0 rings (SSSR count). The van der Waals surface area contributed by atoms with Gasteiger partial charge in [-0.3, -0.25) is 5.14 Å². The van der Waals surface area contributed by atoms with Gasteiger partial charge in [-0.05, 0) is 0 Å². The van der Waals surface area contributed by atoms with Crippen molar-refractivity contribution in [2.45, 2.75) is 0 Å². The van der Waals surface area contributed by atoms with E-state index in [4.69, 9.17) is 5.14 Å². The minimum atomic E-state index is 0.751. The summed E-state index contributed by atoms with van der Waals surface area (Å²) in [5.74, 6) is 0.885. The van der Waals surface area contributed by atoms with E-state index in [0.29, 0.717) is 0 Å². The first kappa shape index (κ1) is 6.27. The molecule has 0 aromatic rings. The van der Waals surface area contributed by atoms with Crippen molar-refractivity contribution in [1.82, 2.24) is 0 Å². The van der Waals surface area contributed by atoms with Crippen molar-refractivity contribution in [2.24, 2.45) is 5.14 Å². The molecule has 0 radical (unpaired) electrons. The molecule has 0 saturated carbocycles. The van der Waals surface area contributed by atoms with E-state index >= 15 is 0 Å². The summed E-state index contributed by atoms with van der Waals surface area (Å²) < 4.78 is 4.68. The highest BCUT2D eigenvalue weighted by molar-refractivity contribution is 7.97. The molecule has 2 N–H and O–H groups in total. The Morgan fingerprint density at radius 2 is 2.50 bits per heavy atom. The molecule has 2 nitrogen and oxygen atoms in total. The molecule has 6 heavy (non-hydrogen) atoms. The molecule has 0 spiro atoms. The molecule has 0 fully saturated rings. The summed E-state index contributed by atoms with van der Waals surface area (Å²) in [4.78, 5) is 0. The average molecular weight is 107 g/mol. The van der Waals surface area contributed by atoms with Crippen LogP contribution in [0.5, 0.6) is 0 Å². The molecule has 0 unspecified atom stereocenters. The zero-order valence-corrected chi connectivity index (χ0v) is 4.62. The fraction of sp³-hybridized carbons (Fsp3) is 1.00. The van der Waals surface area contributed by atoms with Crippen molar-refractivity contribution < 1.29 is 4.74 Å². The Morgan fingerprint density at radius 3 is 2.67 bits per heavy atom. The zero-order valence-electron chi connectivity index (χ0n) is 3.81. The Kier molecular flexibility index (Phi) is 5.51. The molecule has 38 valence electrons. The van der Waals surface area contributed by atoms with E-state index in [-0.39, 0.29) is 0 Å². The standard InChI is InChI=1S/C3H9NOS/c1-5-2-3-6-4/h2-4H2,1H3. The number of hydrogen-bond donors (Lipinski definition) is 1. The lowest BCUT2D eigenvalue weighted by Crippen LogP contribution is -1.93. The van der Waals surface area contributed by atoms with Gasteiger partial charge in [-0.25, -0.2) is 0 Å². The SMILES string of the molecule is COCCSN. The normalized spacial score (nSPS) is 9.00. The third-order valence-electron chi connectivity index (χ3n) is 0.405. The Labute approximate surface area is 42.2 Å². The molecular formula is C3H9NOS. The number of ether oxygens (including phenoxy) is 1. The summed E-state index contributed by atoms with van der Waals surface area (Å²) in [7, 11) is 1.66. The van der Waals surface area contributed by atoms with Gasteiger partial charge < -0.3 is 4.74 Å². The minimum absolute atomic E-state index is 0.751. The first-order chi connectivity index (χ1) is 2.91. The van der Waals surface area contributed by atoms with E-state index in [1.165, 1.54) is 11.9 Å². The van der Waals surface area contributed by atoms with E-state index in [1.54, 1.807) is 7.11 Å². The van der Waals surface area contributed by atoms with Crippen LogP contribution in [0.3, 0.4) is 0 Å². The monoisotopic (exact) mass is 107 g/mol. The van der Waals surface area contributed by atoms with Crippen molar-refractivity contribution in [3.63, 3.8) is 0 Å². The molecule has 0 bridgehead atoms. The van der Waals surface area contributed by atoms with Crippen molar-refractivity contribution in [1.29, 1.82) is 0 Å². The number of hydrogen-bond acceptors (Lipinski definition) is 3. The molecule has 0 aromatic heterocycles. The predicted octanol–water partition coefficient (Wildman–Crippen LogP) is 0.240. The second kappa shape index (κ2) is 5.27. The largest absolute Gasteiger partial charge is 0.384 e. The first-order valence-electron chi connectivity index (χ1n) is 1.72. The molecule has 0 amide bonds.